The zero-order chi connectivity index (χ0) is 15.2. The molecule has 1 aliphatic heterocycles. The molecule has 7 heteroatoms. The minimum atomic E-state index is -0.632. The van der Waals surface area contributed by atoms with Gasteiger partial charge < -0.3 is 9.47 Å². The van der Waals surface area contributed by atoms with Gasteiger partial charge in [0.2, 0.25) is 4.38 Å². The highest BCUT2D eigenvalue weighted by molar-refractivity contribution is 8.32. The van der Waals surface area contributed by atoms with E-state index in [0.717, 1.165) is 22.2 Å². The summed E-state index contributed by atoms with van der Waals surface area (Å²) in [5.41, 5.74) is 1.04. The first kappa shape index (κ1) is 15.8. The summed E-state index contributed by atoms with van der Waals surface area (Å²) in [6.45, 7) is 2.36. The van der Waals surface area contributed by atoms with Crippen molar-refractivity contribution in [3.63, 3.8) is 0 Å². The molecule has 0 radical (unpaired) electrons. The predicted molar refractivity (Wildman–Crippen MR) is 84.3 cm³/mol. The van der Waals surface area contributed by atoms with E-state index < -0.39 is 11.3 Å². The smallest absolute Gasteiger partial charge is 0.417 e. The molecule has 21 heavy (non-hydrogen) atoms. The number of hydrogen-bond donors (Lipinski definition) is 0. The Morgan fingerprint density at radius 2 is 2.19 bits per heavy atom. The molecule has 1 aromatic carbocycles. The number of amides is 2. The molecule has 5 nitrogen and oxygen atoms in total. The number of carbonyl (C=O) groups is 2. The number of nitrogens with zero attached hydrogens (tertiary/aromatic N) is 1. The molecule has 0 unspecified atom stereocenters. The number of imide groups is 1. The number of rotatable bonds is 3. The maximum Gasteiger partial charge on any atom is 0.417 e. The molecule has 112 valence electrons. The quantitative estimate of drug-likeness (QED) is 0.795. The summed E-state index contributed by atoms with van der Waals surface area (Å²) in [5, 5.41) is -0.461. The van der Waals surface area contributed by atoms with Crippen molar-refractivity contribution in [1.29, 1.82) is 0 Å². The van der Waals surface area contributed by atoms with E-state index in [-0.39, 0.29) is 17.0 Å². The Labute approximate surface area is 132 Å². The number of thioether (sulfide) groups is 1. The summed E-state index contributed by atoms with van der Waals surface area (Å²) in [6.07, 6.45) is -0.0759. The van der Waals surface area contributed by atoms with Crippen LogP contribution in [0, 0.1) is 0 Å². The van der Waals surface area contributed by atoms with E-state index >= 15 is 0 Å². The Kier molecular flexibility index (Phi) is 5.58. The van der Waals surface area contributed by atoms with E-state index in [4.69, 9.17) is 21.7 Å². The molecule has 1 fully saturated rings. The first-order valence-electron chi connectivity index (χ1n) is 6.50. The fourth-order valence-corrected chi connectivity index (χ4v) is 2.96. The highest BCUT2D eigenvalue weighted by atomic mass is 32.2. The number of carbonyl (C=O) groups excluding carboxylic acids is 2. The van der Waals surface area contributed by atoms with Gasteiger partial charge >= 0.3 is 6.09 Å². The standard InChI is InChI=1S/C14H15NO4S2/c1-2-18-14(20)21-13(17)15-11(9-19-12(15)16)8-10-6-4-3-5-7-10/h3-7,11H,2,8-9H2,1H3/t11-/m0/s1. The molecule has 2 amide bonds. The van der Waals surface area contributed by atoms with Crippen LogP contribution in [0.15, 0.2) is 30.3 Å². The van der Waals surface area contributed by atoms with Gasteiger partial charge in [0, 0.05) is 11.8 Å². The van der Waals surface area contributed by atoms with Crippen molar-refractivity contribution < 1.29 is 19.1 Å². The van der Waals surface area contributed by atoms with Crippen LogP contribution in [0.1, 0.15) is 12.5 Å². The first-order valence-corrected chi connectivity index (χ1v) is 7.72. The second-order valence-corrected chi connectivity index (χ2v) is 5.89. The lowest BCUT2D eigenvalue weighted by Crippen LogP contribution is -2.38. The van der Waals surface area contributed by atoms with Gasteiger partial charge in [-0.15, -0.1) is 0 Å². The monoisotopic (exact) mass is 325 g/mol. The zero-order valence-electron chi connectivity index (χ0n) is 11.5. The molecule has 2 rings (SSSR count). The van der Waals surface area contributed by atoms with E-state index in [1.165, 1.54) is 0 Å². The molecule has 0 aliphatic carbocycles. The molecular formula is C14H15NO4S2. The number of thiocarbonyl (C=S) groups is 1. The van der Waals surface area contributed by atoms with Crippen LogP contribution < -0.4 is 0 Å². The third-order valence-electron chi connectivity index (χ3n) is 2.90. The maximum atomic E-state index is 12.2. The van der Waals surface area contributed by atoms with Crippen molar-refractivity contribution in [2.75, 3.05) is 13.2 Å². The molecule has 0 bridgehead atoms. The Bertz CT molecular complexity index is 535. The van der Waals surface area contributed by atoms with Crippen LogP contribution in [0.2, 0.25) is 0 Å². The van der Waals surface area contributed by atoms with Gasteiger partial charge in [-0.3, -0.25) is 4.79 Å². The lowest BCUT2D eigenvalue weighted by atomic mass is 10.1. The highest BCUT2D eigenvalue weighted by Crippen LogP contribution is 2.23. The van der Waals surface area contributed by atoms with Crippen LogP contribution in [0.25, 0.3) is 0 Å². The van der Waals surface area contributed by atoms with Crippen molar-refractivity contribution in [2.45, 2.75) is 19.4 Å². The molecule has 0 saturated carbocycles. The SMILES string of the molecule is CCOC(=S)SC(=O)N1C(=O)OC[C@@H]1Cc1ccccc1. The lowest BCUT2D eigenvalue weighted by Gasteiger charge is -2.19. The molecule has 1 aromatic rings. The summed E-state index contributed by atoms with van der Waals surface area (Å²) >= 11 is 5.65. The van der Waals surface area contributed by atoms with E-state index in [1.807, 2.05) is 30.3 Å². The largest absolute Gasteiger partial charge is 0.479 e. The molecule has 0 aromatic heterocycles. The third-order valence-corrected chi connectivity index (χ3v) is 3.93. The summed E-state index contributed by atoms with van der Waals surface area (Å²) in [7, 11) is 0. The van der Waals surface area contributed by atoms with Crippen molar-refractivity contribution in [2.24, 2.45) is 0 Å². The van der Waals surface area contributed by atoms with Crippen LogP contribution >= 0.6 is 24.0 Å². The molecule has 0 N–H and O–H groups in total. The fraction of sp³-hybridized carbons (Fsp3) is 0.357. The Balaban J connectivity index is 2.03. The molecule has 0 spiro atoms. The number of benzene rings is 1. The van der Waals surface area contributed by atoms with E-state index in [1.54, 1.807) is 6.92 Å². The normalized spacial score (nSPS) is 17.5. The summed E-state index contributed by atoms with van der Waals surface area (Å²) in [6, 6.07) is 9.33. The third kappa shape index (κ3) is 4.18. The number of ether oxygens (including phenoxy) is 2. The summed E-state index contributed by atoms with van der Waals surface area (Å²) < 4.78 is 10.1. The van der Waals surface area contributed by atoms with Gasteiger partial charge in [-0.05, 0) is 31.1 Å². The number of hydrogen-bond acceptors (Lipinski definition) is 6. The summed E-state index contributed by atoms with van der Waals surface area (Å²) in [5.74, 6) is 0. The van der Waals surface area contributed by atoms with Crippen LogP contribution in [-0.2, 0) is 15.9 Å². The van der Waals surface area contributed by atoms with Crippen molar-refractivity contribution in [1.82, 2.24) is 4.90 Å². The lowest BCUT2D eigenvalue weighted by molar-refractivity contribution is 0.163. The van der Waals surface area contributed by atoms with Crippen LogP contribution in [0.4, 0.5) is 9.59 Å². The Hall–Kier alpha value is -1.60. The molecule has 1 atom stereocenters. The Morgan fingerprint density at radius 3 is 2.86 bits per heavy atom. The number of cyclic esters (lactones) is 1. The molecule has 1 heterocycles. The van der Waals surface area contributed by atoms with Crippen LogP contribution in [-0.4, -0.2) is 39.9 Å². The van der Waals surface area contributed by atoms with Gasteiger partial charge in [0.25, 0.3) is 5.24 Å². The predicted octanol–water partition coefficient (Wildman–Crippen LogP) is 3.22. The second kappa shape index (κ2) is 7.42. The van der Waals surface area contributed by atoms with Gasteiger partial charge in [-0.25, -0.2) is 9.69 Å². The van der Waals surface area contributed by atoms with Crippen molar-refractivity contribution >= 4 is 39.7 Å². The van der Waals surface area contributed by atoms with Gasteiger partial charge in [0.05, 0.1) is 12.6 Å². The minimum absolute atomic E-state index is 0.112. The van der Waals surface area contributed by atoms with E-state index in [2.05, 4.69) is 0 Å². The average molecular weight is 325 g/mol. The van der Waals surface area contributed by atoms with Gasteiger partial charge in [0.15, 0.2) is 0 Å². The highest BCUT2D eigenvalue weighted by Gasteiger charge is 2.38. The van der Waals surface area contributed by atoms with E-state index in [9.17, 15) is 9.59 Å². The van der Waals surface area contributed by atoms with Crippen molar-refractivity contribution in [3.05, 3.63) is 35.9 Å². The second-order valence-electron chi connectivity index (χ2n) is 4.34. The maximum absolute atomic E-state index is 12.2. The average Bonchev–Trinajstić information content (AvgIpc) is 2.81. The van der Waals surface area contributed by atoms with Gasteiger partial charge in [-0.2, -0.15) is 0 Å². The van der Waals surface area contributed by atoms with Gasteiger partial charge in [0.1, 0.15) is 6.61 Å². The molecular weight excluding hydrogens is 310 g/mol. The fourth-order valence-electron chi connectivity index (χ4n) is 1.99. The van der Waals surface area contributed by atoms with Gasteiger partial charge in [-0.1, -0.05) is 30.3 Å². The van der Waals surface area contributed by atoms with Crippen LogP contribution in [0.3, 0.4) is 0 Å². The minimum Gasteiger partial charge on any atom is -0.479 e. The van der Waals surface area contributed by atoms with Crippen LogP contribution in [0.5, 0.6) is 0 Å². The first-order chi connectivity index (χ1) is 10.1. The summed E-state index contributed by atoms with van der Waals surface area (Å²) in [4.78, 5) is 25.0. The van der Waals surface area contributed by atoms with Crippen molar-refractivity contribution in [3.8, 4) is 0 Å². The topological polar surface area (TPSA) is 55.8 Å². The zero-order valence-corrected chi connectivity index (χ0v) is 13.1. The van der Waals surface area contributed by atoms with E-state index in [0.29, 0.717) is 13.0 Å². The molecule has 1 aliphatic rings. The Morgan fingerprint density at radius 1 is 1.48 bits per heavy atom. The molecule has 1 saturated heterocycles.